The molecule has 0 bridgehead atoms. The van der Waals surface area contributed by atoms with Crippen LogP contribution in [0.2, 0.25) is 0 Å². The van der Waals surface area contributed by atoms with E-state index in [0.29, 0.717) is 5.92 Å². The molecule has 3 nitrogen and oxygen atoms in total. The van der Waals surface area contributed by atoms with Crippen LogP contribution in [0.25, 0.3) is 0 Å². The number of hydrogen-bond acceptors (Lipinski definition) is 2. The Hall–Kier alpha value is -0.830. The number of aryl methyl sites for hydroxylation is 2. The molecule has 3 heteroatoms. The van der Waals surface area contributed by atoms with Crippen LogP contribution >= 0.6 is 0 Å². The predicted molar refractivity (Wildman–Crippen MR) is 73.5 cm³/mol. The van der Waals surface area contributed by atoms with Crippen LogP contribution in [-0.2, 0) is 19.9 Å². The largest absolute Gasteiger partial charge is 0.392 e. The van der Waals surface area contributed by atoms with E-state index in [1.807, 2.05) is 11.7 Å². The first kappa shape index (κ1) is 13.6. The number of hydrogen-bond donors (Lipinski definition) is 1. The molecule has 18 heavy (non-hydrogen) atoms. The van der Waals surface area contributed by atoms with Crippen LogP contribution in [0.5, 0.6) is 0 Å². The SMILES string of the molecule is CCc1cc(CC(O)C2CCCCCC2)n(C)n1. The van der Waals surface area contributed by atoms with E-state index in [0.717, 1.165) is 18.5 Å². The average Bonchev–Trinajstić information content (AvgIpc) is 2.59. The van der Waals surface area contributed by atoms with Gasteiger partial charge in [-0.25, -0.2) is 0 Å². The number of aliphatic hydroxyl groups is 1. The smallest absolute Gasteiger partial charge is 0.0624 e. The molecular weight excluding hydrogens is 224 g/mol. The molecule has 1 unspecified atom stereocenters. The quantitative estimate of drug-likeness (QED) is 0.834. The maximum Gasteiger partial charge on any atom is 0.0624 e. The maximum atomic E-state index is 10.4. The molecule has 1 N–H and O–H groups in total. The molecule has 0 saturated heterocycles. The van der Waals surface area contributed by atoms with Gasteiger partial charge in [-0.1, -0.05) is 32.6 Å². The van der Waals surface area contributed by atoms with E-state index in [1.165, 1.54) is 44.2 Å². The molecule has 0 amide bonds. The van der Waals surface area contributed by atoms with Crippen LogP contribution in [-0.4, -0.2) is 21.0 Å². The third-order valence-corrected chi connectivity index (χ3v) is 4.25. The first-order valence-corrected chi connectivity index (χ1v) is 7.40. The van der Waals surface area contributed by atoms with Crippen molar-refractivity contribution in [2.24, 2.45) is 13.0 Å². The second-order valence-corrected chi connectivity index (χ2v) is 5.63. The Morgan fingerprint density at radius 3 is 2.56 bits per heavy atom. The summed E-state index contributed by atoms with van der Waals surface area (Å²) >= 11 is 0. The monoisotopic (exact) mass is 250 g/mol. The van der Waals surface area contributed by atoms with Gasteiger partial charge in [-0.3, -0.25) is 4.68 Å². The van der Waals surface area contributed by atoms with Crippen molar-refractivity contribution >= 4 is 0 Å². The van der Waals surface area contributed by atoms with E-state index < -0.39 is 0 Å². The molecule has 0 aromatic carbocycles. The highest BCUT2D eigenvalue weighted by atomic mass is 16.3. The standard InChI is InChI=1S/C15H26N2O/c1-3-13-10-14(17(2)16-13)11-15(18)12-8-6-4-5-7-9-12/h10,12,15,18H,3-9,11H2,1-2H3. The zero-order valence-electron chi connectivity index (χ0n) is 11.7. The summed E-state index contributed by atoms with van der Waals surface area (Å²) in [4.78, 5) is 0. The highest BCUT2D eigenvalue weighted by molar-refractivity contribution is 5.11. The molecule has 1 aromatic heterocycles. The minimum Gasteiger partial charge on any atom is -0.392 e. The van der Waals surface area contributed by atoms with Gasteiger partial charge in [-0.2, -0.15) is 5.10 Å². The summed E-state index contributed by atoms with van der Waals surface area (Å²) in [5.41, 5.74) is 2.30. The van der Waals surface area contributed by atoms with Gasteiger partial charge in [0, 0.05) is 19.2 Å². The summed E-state index contributed by atoms with van der Waals surface area (Å²) in [6.45, 7) is 2.12. The van der Waals surface area contributed by atoms with Crippen LogP contribution in [0.3, 0.4) is 0 Å². The van der Waals surface area contributed by atoms with Crippen molar-refractivity contribution in [2.75, 3.05) is 0 Å². The fourth-order valence-electron chi connectivity index (χ4n) is 3.01. The van der Waals surface area contributed by atoms with Crippen molar-refractivity contribution < 1.29 is 5.11 Å². The fourth-order valence-corrected chi connectivity index (χ4v) is 3.01. The van der Waals surface area contributed by atoms with Crippen LogP contribution < -0.4 is 0 Å². The van der Waals surface area contributed by atoms with E-state index in [9.17, 15) is 5.11 Å². The van der Waals surface area contributed by atoms with E-state index in [4.69, 9.17) is 0 Å². The lowest BCUT2D eigenvalue weighted by molar-refractivity contribution is 0.0968. The van der Waals surface area contributed by atoms with Gasteiger partial charge in [-0.05, 0) is 31.2 Å². The van der Waals surface area contributed by atoms with Gasteiger partial charge in [0.1, 0.15) is 0 Å². The molecule has 1 fully saturated rings. The third-order valence-electron chi connectivity index (χ3n) is 4.25. The Morgan fingerprint density at radius 2 is 2.00 bits per heavy atom. The Morgan fingerprint density at radius 1 is 1.33 bits per heavy atom. The summed E-state index contributed by atoms with van der Waals surface area (Å²) in [5.74, 6) is 0.493. The van der Waals surface area contributed by atoms with Crippen molar-refractivity contribution in [1.82, 2.24) is 9.78 Å². The Kier molecular flexibility index (Phi) is 4.81. The number of rotatable bonds is 4. The molecular formula is C15H26N2O. The van der Waals surface area contributed by atoms with Gasteiger partial charge in [0.25, 0.3) is 0 Å². The first-order valence-electron chi connectivity index (χ1n) is 7.40. The summed E-state index contributed by atoms with van der Waals surface area (Å²) < 4.78 is 1.93. The van der Waals surface area contributed by atoms with Gasteiger partial charge in [0.05, 0.1) is 11.8 Å². The van der Waals surface area contributed by atoms with Gasteiger partial charge >= 0.3 is 0 Å². The molecule has 102 valence electrons. The van der Waals surface area contributed by atoms with Crippen LogP contribution in [0.15, 0.2) is 6.07 Å². The third kappa shape index (κ3) is 3.35. The summed E-state index contributed by atoms with van der Waals surface area (Å²) in [7, 11) is 1.98. The lowest BCUT2D eigenvalue weighted by atomic mass is 9.91. The second-order valence-electron chi connectivity index (χ2n) is 5.63. The Labute approximate surface area is 110 Å². The molecule has 0 radical (unpaired) electrons. The Balaban J connectivity index is 1.96. The lowest BCUT2D eigenvalue weighted by Crippen LogP contribution is -2.23. The molecule has 1 saturated carbocycles. The molecule has 1 aliphatic rings. The number of aromatic nitrogens is 2. The Bertz CT molecular complexity index is 365. The van der Waals surface area contributed by atoms with Crippen molar-refractivity contribution in [1.29, 1.82) is 0 Å². The minimum absolute atomic E-state index is 0.191. The highest BCUT2D eigenvalue weighted by Gasteiger charge is 2.22. The van der Waals surface area contributed by atoms with Crippen LogP contribution in [0.4, 0.5) is 0 Å². The zero-order valence-corrected chi connectivity index (χ0v) is 11.7. The average molecular weight is 250 g/mol. The zero-order chi connectivity index (χ0) is 13.0. The van der Waals surface area contributed by atoms with Gasteiger partial charge in [0.15, 0.2) is 0 Å². The second kappa shape index (κ2) is 6.37. The van der Waals surface area contributed by atoms with Gasteiger partial charge in [-0.15, -0.1) is 0 Å². The van der Waals surface area contributed by atoms with E-state index in [2.05, 4.69) is 18.1 Å². The summed E-state index contributed by atoms with van der Waals surface area (Å²) in [5, 5.41) is 14.9. The van der Waals surface area contributed by atoms with Gasteiger partial charge in [0.2, 0.25) is 0 Å². The molecule has 2 rings (SSSR count). The van der Waals surface area contributed by atoms with Crippen LogP contribution in [0, 0.1) is 5.92 Å². The van der Waals surface area contributed by atoms with Crippen molar-refractivity contribution in [2.45, 2.75) is 64.4 Å². The fraction of sp³-hybridized carbons (Fsp3) is 0.800. The first-order chi connectivity index (χ1) is 8.70. The topological polar surface area (TPSA) is 38.0 Å². The van der Waals surface area contributed by atoms with Crippen molar-refractivity contribution in [3.63, 3.8) is 0 Å². The number of nitrogens with zero attached hydrogens (tertiary/aromatic N) is 2. The summed E-state index contributed by atoms with van der Waals surface area (Å²) in [6.07, 6.45) is 9.17. The van der Waals surface area contributed by atoms with Crippen LogP contribution in [0.1, 0.15) is 56.8 Å². The molecule has 0 aliphatic heterocycles. The van der Waals surface area contributed by atoms with E-state index in [-0.39, 0.29) is 6.10 Å². The van der Waals surface area contributed by atoms with E-state index >= 15 is 0 Å². The molecule has 1 atom stereocenters. The highest BCUT2D eigenvalue weighted by Crippen LogP contribution is 2.27. The maximum absolute atomic E-state index is 10.4. The molecule has 1 heterocycles. The molecule has 0 spiro atoms. The van der Waals surface area contributed by atoms with Crippen molar-refractivity contribution in [3.05, 3.63) is 17.5 Å². The number of aliphatic hydroxyl groups excluding tert-OH is 1. The normalized spacial score (nSPS) is 19.7. The minimum atomic E-state index is -0.191. The van der Waals surface area contributed by atoms with E-state index in [1.54, 1.807) is 0 Å². The molecule has 1 aromatic rings. The predicted octanol–water partition coefficient (Wildman–Crippen LogP) is 2.86. The van der Waals surface area contributed by atoms with Gasteiger partial charge < -0.3 is 5.11 Å². The summed E-state index contributed by atoms with van der Waals surface area (Å²) in [6, 6.07) is 2.14. The van der Waals surface area contributed by atoms with Crippen molar-refractivity contribution in [3.8, 4) is 0 Å². The molecule has 1 aliphatic carbocycles. The lowest BCUT2D eigenvalue weighted by Gasteiger charge is -2.21.